The summed E-state index contributed by atoms with van der Waals surface area (Å²) in [5.41, 5.74) is 3.43. The molecule has 0 radical (unpaired) electrons. The lowest BCUT2D eigenvalue weighted by Crippen LogP contribution is -2.16. The molecule has 9 nitrogen and oxygen atoms in total. The molecule has 10 heteroatoms. The minimum absolute atomic E-state index is 0.0724. The molecule has 0 aliphatic carbocycles. The number of amides is 1. The number of hydrogen-bond acceptors (Lipinski definition) is 7. The third kappa shape index (κ3) is 5.00. The zero-order valence-electron chi connectivity index (χ0n) is 20.0. The molecule has 1 amide bonds. The normalized spacial score (nSPS) is 11.9. The smallest absolute Gasteiger partial charge is 0.309 e. The zero-order chi connectivity index (χ0) is 25.9. The molecule has 188 valence electrons. The maximum Gasteiger partial charge on any atom is 0.309 e. The molecule has 2 heterocycles. The van der Waals surface area contributed by atoms with Gasteiger partial charge in [0, 0.05) is 25.3 Å². The fraction of sp³-hybridized carbons (Fsp3) is 0.148. The van der Waals surface area contributed by atoms with Crippen molar-refractivity contribution in [2.75, 3.05) is 25.8 Å². The third-order valence-corrected chi connectivity index (χ3v) is 5.53. The van der Waals surface area contributed by atoms with Crippen LogP contribution in [0.3, 0.4) is 0 Å². The lowest BCUT2D eigenvalue weighted by Gasteiger charge is -2.10. The Morgan fingerprint density at radius 3 is 2.41 bits per heavy atom. The summed E-state index contributed by atoms with van der Waals surface area (Å²) >= 11 is 0. The van der Waals surface area contributed by atoms with Gasteiger partial charge in [0.25, 0.3) is 0 Å². The number of benzene rings is 3. The summed E-state index contributed by atoms with van der Waals surface area (Å²) < 4.78 is 36.6. The molecule has 0 spiro atoms. The van der Waals surface area contributed by atoms with Crippen molar-refractivity contribution in [2.45, 2.75) is 6.92 Å². The summed E-state index contributed by atoms with van der Waals surface area (Å²) in [6.07, 6.45) is 0. The number of esters is 1. The van der Waals surface area contributed by atoms with Crippen LogP contribution in [0.1, 0.15) is 6.92 Å². The first kappa shape index (κ1) is 24.0. The van der Waals surface area contributed by atoms with E-state index in [0.29, 0.717) is 45.3 Å². The molecule has 0 saturated heterocycles. The summed E-state index contributed by atoms with van der Waals surface area (Å²) in [7, 11) is 1.44. The van der Waals surface area contributed by atoms with Crippen molar-refractivity contribution >= 4 is 17.6 Å². The SMILES string of the molecule is COCC(=O)Nc1ccc(-c2c(-c3ccc4c(c3)OCO4)nn(-c3ccc(F)cc3)c2OC(C)=O)cc1. The largest absolute Gasteiger partial charge is 0.454 e. The second-order valence-corrected chi connectivity index (χ2v) is 8.14. The van der Waals surface area contributed by atoms with Crippen LogP contribution < -0.4 is 19.5 Å². The van der Waals surface area contributed by atoms with Crippen LogP contribution in [0.2, 0.25) is 0 Å². The number of anilines is 1. The number of fused-ring (bicyclic) bond motifs is 1. The van der Waals surface area contributed by atoms with E-state index in [1.54, 1.807) is 36.4 Å². The number of carbonyl (C=O) groups is 2. The Morgan fingerprint density at radius 2 is 1.70 bits per heavy atom. The van der Waals surface area contributed by atoms with Gasteiger partial charge in [-0.25, -0.2) is 4.39 Å². The fourth-order valence-electron chi connectivity index (χ4n) is 3.94. The number of aromatic nitrogens is 2. The molecule has 1 aliphatic rings. The Hall–Kier alpha value is -4.70. The van der Waals surface area contributed by atoms with Gasteiger partial charge in [-0.3, -0.25) is 9.59 Å². The van der Waals surface area contributed by atoms with Crippen molar-refractivity contribution in [1.82, 2.24) is 9.78 Å². The molecule has 0 unspecified atom stereocenters. The highest BCUT2D eigenvalue weighted by atomic mass is 19.1. The number of carbonyl (C=O) groups excluding carboxylic acids is 2. The van der Waals surface area contributed by atoms with Crippen molar-refractivity contribution in [3.8, 4) is 45.5 Å². The Morgan fingerprint density at radius 1 is 1.00 bits per heavy atom. The van der Waals surface area contributed by atoms with E-state index in [0.717, 1.165) is 0 Å². The van der Waals surface area contributed by atoms with Gasteiger partial charge < -0.3 is 24.3 Å². The van der Waals surface area contributed by atoms with Crippen LogP contribution in [0.4, 0.5) is 10.1 Å². The molecule has 5 rings (SSSR count). The Bertz CT molecular complexity index is 1460. The summed E-state index contributed by atoms with van der Waals surface area (Å²) in [5, 5.41) is 7.51. The van der Waals surface area contributed by atoms with Gasteiger partial charge in [0.2, 0.25) is 18.6 Å². The first-order valence-electron chi connectivity index (χ1n) is 11.3. The van der Waals surface area contributed by atoms with E-state index in [9.17, 15) is 14.0 Å². The lowest BCUT2D eigenvalue weighted by atomic mass is 10.0. The molecular weight excluding hydrogens is 481 g/mol. The van der Waals surface area contributed by atoms with Gasteiger partial charge in [0.05, 0.1) is 11.3 Å². The number of ether oxygens (including phenoxy) is 4. The maximum absolute atomic E-state index is 13.7. The van der Waals surface area contributed by atoms with Crippen molar-refractivity contribution in [3.05, 3.63) is 72.5 Å². The molecule has 1 aliphatic heterocycles. The van der Waals surface area contributed by atoms with Gasteiger partial charge in [0.15, 0.2) is 11.5 Å². The average molecular weight is 503 g/mol. The molecule has 0 fully saturated rings. The molecule has 1 N–H and O–H groups in total. The Balaban J connectivity index is 1.67. The Kier molecular flexibility index (Phi) is 6.57. The minimum atomic E-state index is -0.551. The molecule has 0 bridgehead atoms. The second kappa shape index (κ2) is 10.1. The van der Waals surface area contributed by atoms with Crippen molar-refractivity contribution in [2.24, 2.45) is 0 Å². The van der Waals surface area contributed by atoms with E-state index < -0.39 is 11.8 Å². The fourth-order valence-corrected chi connectivity index (χ4v) is 3.94. The predicted octanol–water partition coefficient (Wildman–Crippen LogP) is 4.58. The number of nitrogens with zero attached hydrogens (tertiary/aromatic N) is 2. The highest BCUT2D eigenvalue weighted by molar-refractivity contribution is 5.93. The van der Waals surface area contributed by atoms with Gasteiger partial charge in [-0.15, -0.1) is 0 Å². The molecule has 37 heavy (non-hydrogen) atoms. The van der Waals surface area contributed by atoms with Gasteiger partial charge in [-0.2, -0.15) is 9.78 Å². The molecule has 1 aromatic heterocycles. The van der Waals surface area contributed by atoms with Crippen molar-refractivity contribution < 1.29 is 32.9 Å². The topological polar surface area (TPSA) is 101 Å². The van der Waals surface area contributed by atoms with Crippen LogP contribution in [-0.2, 0) is 14.3 Å². The van der Waals surface area contributed by atoms with E-state index in [1.807, 2.05) is 6.07 Å². The number of nitrogens with one attached hydrogen (secondary N) is 1. The number of halogens is 1. The maximum atomic E-state index is 13.7. The van der Waals surface area contributed by atoms with Gasteiger partial charge in [-0.05, 0) is 60.2 Å². The minimum Gasteiger partial charge on any atom is -0.454 e. The standard InChI is InChI=1S/C27H22FN3O6/c1-16(32)37-27-25(17-3-8-20(9-4-17)29-24(33)14-34-2)26(18-5-12-22-23(13-18)36-15-35-22)30-31(27)21-10-6-19(28)7-11-21/h3-13H,14-15H2,1-2H3,(H,29,33). The quantitative estimate of drug-likeness (QED) is 0.368. The average Bonchev–Trinajstić information content (AvgIpc) is 3.49. The summed E-state index contributed by atoms with van der Waals surface area (Å²) in [5.74, 6) is 0.0751. The third-order valence-electron chi connectivity index (χ3n) is 5.53. The van der Waals surface area contributed by atoms with E-state index >= 15 is 0 Å². The van der Waals surface area contributed by atoms with Crippen LogP contribution in [0, 0.1) is 5.82 Å². The monoisotopic (exact) mass is 503 g/mol. The molecule has 0 atom stereocenters. The predicted molar refractivity (Wildman–Crippen MR) is 132 cm³/mol. The number of rotatable bonds is 7. The Labute approximate surface area is 211 Å². The van der Waals surface area contributed by atoms with Crippen molar-refractivity contribution in [1.29, 1.82) is 0 Å². The highest BCUT2D eigenvalue weighted by Crippen LogP contribution is 2.43. The first-order chi connectivity index (χ1) is 17.9. The second-order valence-electron chi connectivity index (χ2n) is 8.14. The highest BCUT2D eigenvalue weighted by Gasteiger charge is 2.26. The zero-order valence-corrected chi connectivity index (χ0v) is 20.0. The van der Waals surface area contributed by atoms with Crippen LogP contribution in [0.15, 0.2) is 66.7 Å². The van der Waals surface area contributed by atoms with Gasteiger partial charge in [0.1, 0.15) is 18.1 Å². The first-order valence-corrected chi connectivity index (χ1v) is 11.3. The van der Waals surface area contributed by atoms with E-state index in [2.05, 4.69) is 5.32 Å². The molecule has 4 aromatic rings. The van der Waals surface area contributed by atoms with Crippen LogP contribution in [0.25, 0.3) is 28.1 Å². The molecular formula is C27H22FN3O6. The van der Waals surface area contributed by atoms with E-state index in [-0.39, 0.29) is 25.2 Å². The number of methoxy groups -OCH3 is 1. The number of hydrogen-bond donors (Lipinski definition) is 1. The van der Waals surface area contributed by atoms with Gasteiger partial charge in [-0.1, -0.05) is 12.1 Å². The van der Waals surface area contributed by atoms with Crippen molar-refractivity contribution in [3.63, 3.8) is 0 Å². The lowest BCUT2D eigenvalue weighted by molar-refractivity contribution is -0.132. The summed E-state index contributed by atoms with van der Waals surface area (Å²) in [6.45, 7) is 1.34. The van der Waals surface area contributed by atoms with Crippen LogP contribution in [-0.4, -0.2) is 42.2 Å². The summed E-state index contributed by atoms with van der Waals surface area (Å²) in [4.78, 5) is 24.1. The molecule has 3 aromatic carbocycles. The van der Waals surface area contributed by atoms with Crippen LogP contribution in [0.5, 0.6) is 17.4 Å². The van der Waals surface area contributed by atoms with Gasteiger partial charge >= 0.3 is 5.97 Å². The van der Waals surface area contributed by atoms with E-state index in [1.165, 1.54) is 43.0 Å². The van der Waals surface area contributed by atoms with E-state index in [4.69, 9.17) is 24.0 Å². The van der Waals surface area contributed by atoms with Crippen LogP contribution >= 0.6 is 0 Å². The molecule has 0 saturated carbocycles. The summed E-state index contributed by atoms with van der Waals surface area (Å²) in [6, 6.07) is 18.1.